The van der Waals surface area contributed by atoms with Crippen molar-refractivity contribution in [2.45, 2.75) is 45.8 Å². The van der Waals surface area contributed by atoms with E-state index in [1.54, 1.807) is 7.05 Å². The van der Waals surface area contributed by atoms with E-state index < -0.39 is 12.7 Å². The van der Waals surface area contributed by atoms with Crippen LogP contribution in [0.1, 0.15) is 33.6 Å². The molecule has 0 radical (unpaired) electrons. The highest BCUT2D eigenvalue weighted by Gasteiger charge is 2.28. The minimum atomic E-state index is -4.15. The Morgan fingerprint density at radius 2 is 1.77 bits per heavy atom. The first kappa shape index (κ1) is 24.0. The molecule has 0 spiro atoms. The van der Waals surface area contributed by atoms with Crippen LogP contribution in [0.25, 0.3) is 0 Å². The zero-order valence-electron chi connectivity index (χ0n) is 14.1. The molecule has 0 amide bonds. The molecule has 2 N–H and O–H groups in total. The van der Waals surface area contributed by atoms with E-state index in [4.69, 9.17) is 0 Å². The topological polar surface area (TPSA) is 39.7 Å². The van der Waals surface area contributed by atoms with Crippen LogP contribution in [0.2, 0.25) is 0 Å². The fraction of sp³-hybridized carbons (Fsp3) is 0.929. The molecule has 1 unspecified atom stereocenters. The fourth-order valence-electron chi connectivity index (χ4n) is 1.83. The molecule has 0 aliphatic heterocycles. The summed E-state index contributed by atoms with van der Waals surface area (Å²) < 4.78 is 36.5. The number of nitrogens with one attached hydrogen (secondary N) is 2. The van der Waals surface area contributed by atoms with Crippen molar-refractivity contribution < 1.29 is 13.2 Å². The Hall–Kier alpha value is -0.250. The quantitative estimate of drug-likeness (QED) is 0.348. The van der Waals surface area contributed by atoms with Crippen molar-refractivity contribution in [1.82, 2.24) is 15.5 Å². The molecular weight excluding hydrogens is 408 g/mol. The van der Waals surface area contributed by atoms with Gasteiger partial charge in [0, 0.05) is 26.2 Å². The Kier molecular flexibility index (Phi) is 13.3. The lowest BCUT2D eigenvalue weighted by atomic mass is 10.0. The predicted molar refractivity (Wildman–Crippen MR) is 97.0 cm³/mol. The number of hydrogen-bond donors (Lipinski definition) is 2. The van der Waals surface area contributed by atoms with Gasteiger partial charge in [0.2, 0.25) is 0 Å². The Balaban J connectivity index is 0. The van der Waals surface area contributed by atoms with Gasteiger partial charge in [0.25, 0.3) is 0 Å². The van der Waals surface area contributed by atoms with E-state index in [2.05, 4.69) is 36.4 Å². The number of guanidine groups is 1. The standard InChI is InChI=1S/C14H29F3N4.HI/c1-11(2)6-7-12(3)20-13(18-4)19-8-9-21(5)10-14(15,16)17;/h11-12H,6-10H2,1-5H3,(H2,18,19,20);1H. The maximum atomic E-state index is 12.2. The van der Waals surface area contributed by atoms with Gasteiger partial charge in [-0.05, 0) is 32.7 Å². The van der Waals surface area contributed by atoms with Crippen LogP contribution in [0.3, 0.4) is 0 Å². The molecule has 4 nitrogen and oxygen atoms in total. The van der Waals surface area contributed by atoms with E-state index in [1.807, 2.05) is 0 Å². The fourth-order valence-corrected chi connectivity index (χ4v) is 1.83. The second-order valence-corrected chi connectivity index (χ2v) is 5.87. The zero-order chi connectivity index (χ0) is 16.5. The van der Waals surface area contributed by atoms with E-state index in [1.165, 1.54) is 11.9 Å². The van der Waals surface area contributed by atoms with Crippen LogP contribution in [-0.4, -0.2) is 56.8 Å². The predicted octanol–water partition coefficient (Wildman–Crippen LogP) is 3.09. The van der Waals surface area contributed by atoms with Crippen LogP contribution < -0.4 is 10.6 Å². The minimum absolute atomic E-state index is 0. The van der Waals surface area contributed by atoms with Gasteiger partial charge < -0.3 is 10.6 Å². The maximum Gasteiger partial charge on any atom is 0.401 e. The van der Waals surface area contributed by atoms with Gasteiger partial charge >= 0.3 is 6.18 Å². The molecule has 1 atom stereocenters. The number of halogens is 4. The van der Waals surface area contributed by atoms with Gasteiger partial charge in [-0.25, -0.2) is 0 Å². The highest BCUT2D eigenvalue weighted by atomic mass is 127. The van der Waals surface area contributed by atoms with E-state index in [9.17, 15) is 13.2 Å². The van der Waals surface area contributed by atoms with E-state index in [-0.39, 0.29) is 30.0 Å². The summed E-state index contributed by atoms with van der Waals surface area (Å²) in [6, 6.07) is 0.284. The summed E-state index contributed by atoms with van der Waals surface area (Å²) >= 11 is 0. The first-order chi connectivity index (χ1) is 9.64. The van der Waals surface area contributed by atoms with Gasteiger partial charge in [0.05, 0.1) is 6.54 Å². The number of nitrogens with zero attached hydrogens (tertiary/aromatic N) is 2. The number of alkyl halides is 3. The zero-order valence-corrected chi connectivity index (χ0v) is 16.5. The molecule has 22 heavy (non-hydrogen) atoms. The Labute approximate surface area is 149 Å². The third kappa shape index (κ3) is 14.7. The van der Waals surface area contributed by atoms with Gasteiger partial charge in [0.1, 0.15) is 0 Å². The summed E-state index contributed by atoms with van der Waals surface area (Å²) in [5.41, 5.74) is 0. The van der Waals surface area contributed by atoms with Crippen molar-refractivity contribution in [3.8, 4) is 0 Å². The third-order valence-electron chi connectivity index (χ3n) is 3.02. The molecule has 8 heteroatoms. The van der Waals surface area contributed by atoms with Crippen LogP contribution in [-0.2, 0) is 0 Å². The van der Waals surface area contributed by atoms with Gasteiger partial charge in [0.15, 0.2) is 5.96 Å². The Bertz CT molecular complexity index is 309. The molecule has 0 rings (SSSR count). The summed E-state index contributed by atoms with van der Waals surface area (Å²) in [7, 11) is 3.11. The van der Waals surface area contributed by atoms with Crippen LogP contribution in [0, 0.1) is 5.92 Å². The molecule has 0 bridgehead atoms. The molecule has 0 aromatic rings. The number of aliphatic imine (C=N–C) groups is 1. The molecule has 0 aliphatic carbocycles. The number of rotatable bonds is 8. The number of likely N-dealkylation sites (N-methyl/N-ethyl adjacent to an activating group) is 1. The Morgan fingerprint density at radius 3 is 2.23 bits per heavy atom. The highest BCUT2D eigenvalue weighted by molar-refractivity contribution is 14.0. The SMILES string of the molecule is CN=C(NCCN(C)CC(F)(F)F)NC(C)CCC(C)C.I. The molecule has 0 fully saturated rings. The molecule has 0 aliphatic rings. The van der Waals surface area contributed by atoms with Gasteiger partial charge in [-0.2, -0.15) is 13.2 Å². The van der Waals surface area contributed by atoms with E-state index in [0.29, 0.717) is 25.0 Å². The Morgan fingerprint density at radius 1 is 1.18 bits per heavy atom. The molecule has 0 saturated carbocycles. The van der Waals surface area contributed by atoms with Crippen molar-refractivity contribution in [3.63, 3.8) is 0 Å². The van der Waals surface area contributed by atoms with Crippen LogP contribution in [0.4, 0.5) is 13.2 Å². The van der Waals surface area contributed by atoms with Crippen LogP contribution in [0.5, 0.6) is 0 Å². The first-order valence-electron chi connectivity index (χ1n) is 7.36. The summed E-state index contributed by atoms with van der Waals surface area (Å²) in [5.74, 6) is 1.28. The second-order valence-electron chi connectivity index (χ2n) is 5.87. The van der Waals surface area contributed by atoms with Crippen molar-refractivity contribution in [2.24, 2.45) is 10.9 Å². The van der Waals surface area contributed by atoms with E-state index >= 15 is 0 Å². The van der Waals surface area contributed by atoms with Gasteiger partial charge in [-0.3, -0.25) is 9.89 Å². The van der Waals surface area contributed by atoms with Gasteiger partial charge in [-0.15, -0.1) is 24.0 Å². The smallest absolute Gasteiger partial charge is 0.355 e. The van der Waals surface area contributed by atoms with Crippen molar-refractivity contribution in [2.75, 3.05) is 33.7 Å². The molecule has 0 saturated heterocycles. The lowest BCUT2D eigenvalue weighted by Crippen LogP contribution is -2.45. The maximum absolute atomic E-state index is 12.2. The van der Waals surface area contributed by atoms with Gasteiger partial charge in [-0.1, -0.05) is 13.8 Å². The van der Waals surface area contributed by atoms with Crippen molar-refractivity contribution in [3.05, 3.63) is 0 Å². The monoisotopic (exact) mass is 438 g/mol. The summed E-state index contributed by atoms with van der Waals surface area (Å²) in [5, 5.41) is 6.28. The average Bonchev–Trinajstić information content (AvgIpc) is 2.32. The third-order valence-corrected chi connectivity index (χ3v) is 3.02. The summed E-state index contributed by atoms with van der Waals surface area (Å²) in [4.78, 5) is 5.32. The van der Waals surface area contributed by atoms with Crippen LogP contribution >= 0.6 is 24.0 Å². The van der Waals surface area contributed by atoms with Crippen molar-refractivity contribution in [1.29, 1.82) is 0 Å². The molecular formula is C14H30F3IN4. The molecule has 0 aromatic carbocycles. The lowest BCUT2D eigenvalue weighted by Gasteiger charge is -2.21. The van der Waals surface area contributed by atoms with Crippen LogP contribution in [0.15, 0.2) is 4.99 Å². The molecule has 134 valence electrons. The summed E-state index contributed by atoms with van der Waals surface area (Å²) in [6.07, 6.45) is -1.99. The average molecular weight is 438 g/mol. The van der Waals surface area contributed by atoms with Crippen molar-refractivity contribution >= 4 is 29.9 Å². The second kappa shape index (κ2) is 12.2. The first-order valence-corrected chi connectivity index (χ1v) is 7.36. The molecule has 0 heterocycles. The summed E-state index contributed by atoms with van der Waals surface area (Å²) in [6.45, 7) is 6.26. The van der Waals surface area contributed by atoms with E-state index in [0.717, 1.165) is 12.8 Å². The normalized spacial score (nSPS) is 14.0. The lowest BCUT2D eigenvalue weighted by molar-refractivity contribution is -0.142. The minimum Gasteiger partial charge on any atom is -0.355 e. The highest BCUT2D eigenvalue weighted by Crippen LogP contribution is 2.14. The largest absolute Gasteiger partial charge is 0.401 e. The molecule has 0 aromatic heterocycles. The number of hydrogen-bond acceptors (Lipinski definition) is 2.